The maximum atomic E-state index is 6.15. The van der Waals surface area contributed by atoms with Crippen LogP contribution < -0.4 is 14.8 Å². The fourth-order valence-electron chi connectivity index (χ4n) is 3.16. The molecule has 0 unspecified atom stereocenters. The van der Waals surface area contributed by atoms with Crippen molar-refractivity contribution in [1.29, 1.82) is 0 Å². The van der Waals surface area contributed by atoms with Crippen LogP contribution in [0.15, 0.2) is 18.2 Å². The monoisotopic (exact) mass is 261 g/mol. The molecule has 3 nitrogen and oxygen atoms in total. The number of rotatable bonds is 4. The third-order valence-corrected chi connectivity index (χ3v) is 4.32. The van der Waals surface area contributed by atoms with Gasteiger partial charge in [-0.05, 0) is 62.3 Å². The zero-order chi connectivity index (χ0) is 13.1. The van der Waals surface area contributed by atoms with Gasteiger partial charge in [0.05, 0.1) is 13.2 Å². The van der Waals surface area contributed by atoms with Gasteiger partial charge in [-0.3, -0.25) is 0 Å². The summed E-state index contributed by atoms with van der Waals surface area (Å²) >= 11 is 0. The summed E-state index contributed by atoms with van der Waals surface area (Å²) in [7, 11) is 1.72. The Morgan fingerprint density at radius 1 is 1.11 bits per heavy atom. The van der Waals surface area contributed by atoms with Crippen LogP contribution in [0.4, 0.5) is 0 Å². The maximum Gasteiger partial charge on any atom is 0.161 e. The molecule has 19 heavy (non-hydrogen) atoms. The molecule has 0 amide bonds. The van der Waals surface area contributed by atoms with Crippen LogP contribution in [-0.2, 0) is 0 Å². The van der Waals surface area contributed by atoms with Crippen molar-refractivity contribution in [3.8, 4) is 11.5 Å². The van der Waals surface area contributed by atoms with Crippen LogP contribution in [0.3, 0.4) is 0 Å². The SMILES string of the molecule is COc1ccc([C@H]2CCNC2)cc1OC1CCCC1. The van der Waals surface area contributed by atoms with Gasteiger partial charge < -0.3 is 14.8 Å². The van der Waals surface area contributed by atoms with E-state index in [9.17, 15) is 0 Å². The fraction of sp³-hybridized carbons (Fsp3) is 0.625. The first-order valence-corrected chi connectivity index (χ1v) is 7.42. The lowest BCUT2D eigenvalue weighted by atomic mass is 9.98. The Morgan fingerprint density at radius 3 is 2.63 bits per heavy atom. The molecule has 2 fully saturated rings. The molecule has 1 aliphatic carbocycles. The number of ether oxygens (including phenoxy) is 2. The van der Waals surface area contributed by atoms with Crippen molar-refractivity contribution in [2.24, 2.45) is 0 Å². The molecule has 0 radical (unpaired) electrons. The molecule has 1 aromatic carbocycles. The summed E-state index contributed by atoms with van der Waals surface area (Å²) in [5.41, 5.74) is 1.37. The van der Waals surface area contributed by atoms with Crippen molar-refractivity contribution in [1.82, 2.24) is 5.32 Å². The van der Waals surface area contributed by atoms with E-state index >= 15 is 0 Å². The quantitative estimate of drug-likeness (QED) is 0.903. The maximum absolute atomic E-state index is 6.15. The van der Waals surface area contributed by atoms with Gasteiger partial charge in [0, 0.05) is 6.54 Å². The standard InChI is InChI=1S/C16H23NO2/c1-18-15-7-6-12(13-8-9-17-11-13)10-16(15)19-14-4-2-3-5-14/h6-7,10,13-14,17H,2-5,8-9,11H2,1H3/t13-/m0/s1. The Labute approximate surface area is 115 Å². The summed E-state index contributed by atoms with van der Waals surface area (Å²) < 4.78 is 11.6. The minimum atomic E-state index is 0.380. The van der Waals surface area contributed by atoms with E-state index in [1.807, 2.05) is 0 Å². The summed E-state index contributed by atoms with van der Waals surface area (Å²) in [6, 6.07) is 6.42. The van der Waals surface area contributed by atoms with Gasteiger partial charge >= 0.3 is 0 Å². The Balaban J connectivity index is 1.79. The van der Waals surface area contributed by atoms with E-state index in [2.05, 4.69) is 23.5 Å². The minimum Gasteiger partial charge on any atom is -0.493 e. The largest absolute Gasteiger partial charge is 0.493 e. The summed E-state index contributed by atoms with van der Waals surface area (Å²) in [5, 5.41) is 3.42. The van der Waals surface area contributed by atoms with Crippen LogP contribution in [-0.4, -0.2) is 26.3 Å². The van der Waals surface area contributed by atoms with Gasteiger partial charge in [-0.2, -0.15) is 0 Å². The lowest BCUT2D eigenvalue weighted by Crippen LogP contribution is -2.12. The van der Waals surface area contributed by atoms with Crippen LogP contribution in [0.5, 0.6) is 11.5 Å². The number of benzene rings is 1. The lowest BCUT2D eigenvalue weighted by molar-refractivity contribution is 0.200. The molecule has 1 aliphatic heterocycles. The van der Waals surface area contributed by atoms with Crippen molar-refractivity contribution in [3.63, 3.8) is 0 Å². The van der Waals surface area contributed by atoms with Crippen LogP contribution in [0.1, 0.15) is 43.6 Å². The second kappa shape index (κ2) is 5.83. The van der Waals surface area contributed by atoms with Crippen LogP contribution in [0.2, 0.25) is 0 Å². The van der Waals surface area contributed by atoms with Gasteiger partial charge in [0.2, 0.25) is 0 Å². The highest BCUT2D eigenvalue weighted by Crippen LogP contribution is 2.35. The second-order valence-corrected chi connectivity index (χ2v) is 5.62. The second-order valence-electron chi connectivity index (χ2n) is 5.62. The highest BCUT2D eigenvalue weighted by Gasteiger charge is 2.21. The number of methoxy groups -OCH3 is 1. The summed E-state index contributed by atoms with van der Waals surface area (Å²) in [6.45, 7) is 2.20. The highest BCUT2D eigenvalue weighted by molar-refractivity contribution is 5.44. The van der Waals surface area contributed by atoms with E-state index in [0.717, 1.165) is 24.6 Å². The molecule has 1 atom stereocenters. The summed E-state index contributed by atoms with van der Waals surface area (Å²) in [6.07, 6.45) is 6.54. The zero-order valence-electron chi connectivity index (χ0n) is 11.7. The third kappa shape index (κ3) is 2.86. The molecule has 104 valence electrons. The van der Waals surface area contributed by atoms with E-state index in [-0.39, 0.29) is 0 Å². The van der Waals surface area contributed by atoms with E-state index in [0.29, 0.717) is 12.0 Å². The van der Waals surface area contributed by atoms with Gasteiger partial charge in [0.1, 0.15) is 0 Å². The van der Waals surface area contributed by atoms with E-state index in [1.54, 1.807) is 7.11 Å². The molecule has 3 rings (SSSR count). The molecular weight excluding hydrogens is 238 g/mol. The van der Waals surface area contributed by atoms with E-state index in [1.165, 1.54) is 37.7 Å². The van der Waals surface area contributed by atoms with Crippen molar-refractivity contribution in [3.05, 3.63) is 23.8 Å². The van der Waals surface area contributed by atoms with Crippen molar-refractivity contribution >= 4 is 0 Å². The number of hydrogen-bond donors (Lipinski definition) is 1. The van der Waals surface area contributed by atoms with Gasteiger partial charge in [-0.1, -0.05) is 6.07 Å². The van der Waals surface area contributed by atoms with Crippen molar-refractivity contribution < 1.29 is 9.47 Å². The Hall–Kier alpha value is -1.22. The predicted molar refractivity (Wildman–Crippen MR) is 76.1 cm³/mol. The highest BCUT2D eigenvalue weighted by atomic mass is 16.5. The average molecular weight is 261 g/mol. The lowest BCUT2D eigenvalue weighted by Gasteiger charge is -2.18. The molecular formula is C16H23NO2. The molecule has 3 heteroatoms. The topological polar surface area (TPSA) is 30.5 Å². The smallest absolute Gasteiger partial charge is 0.161 e. The van der Waals surface area contributed by atoms with E-state index in [4.69, 9.17) is 9.47 Å². The van der Waals surface area contributed by atoms with Crippen LogP contribution >= 0.6 is 0 Å². The Morgan fingerprint density at radius 2 is 1.95 bits per heavy atom. The molecule has 0 spiro atoms. The normalized spacial score (nSPS) is 23.7. The first-order valence-electron chi connectivity index (χ1n) is 7.42. The van der Waals surface area contributed by atoms with Gasteiger partial charge in [-0.15, -0.1) is 0 Å². The molecule has 1 aromatic rings. The average Bonchev–Trinajstić information content (AvgIpc) is 3.11. The molecule has 1 heterocycles. The van der Waals surface area contributed by atoms with Crippen molar-refractivity contribution in [2.45, 2.75) is 44.1 Å². The number of nitrogens with one attached hydrogen (secondary N) is 1. The van der Waals surface area contributed by atoms with E-state index < -0.39 is 0 Å². The summed E-state index contributed by atoms with van der Waals surface area (Å²) in [5.74, 6) is 2.41. The molecule has 1 saturated heterocycles. The number of hydrogen-bond acceptors (Lipinski definition) is 3. The molecule has 0 bridgehead atoms. The Bertz CT molecular complexity index is 421. The first kappa shape index (κ1) is 12.8. The minimum absolute atomic E-state index is 0.380. The zero-order valence-corrected chi connectivity index (χ0v) is 11.7. The van der Waals surface area contributed by atoms with Gasteiger partial charge in [-0.25, -0.2) is 0 Å². The predicted octanol–water partition coefficient (Wildman–Crippen LogP) is 3.09. The Kier molecular flexibility index (Phi) is 3.92. The first-order chi connectivity index (χ1) is 9.36. The van der Waals surface area contributed by atoms with Gasteiger partial charge in [0.15, 0.2) is 11.5 Å². The van der Waals surface area contributed by atoms with Crippen molar-refractivity contribution in [2.75, 3.05) is 20.2 Å². The van der Waals surface area contributed by atoms with Crippen LogP contribution in [0, 0.1) is 0 Å². The molecule has 1 saturated carbocycles. The molecule has 1 N–H and O–H groups in total. The van der Waals surface area contributed by atoms with Crippen LogP contribution in [0.25, 0.3) is 0 Å². The summed E-state index contributed by atoms with van der Waals surface area (Å²) in [4.78, 5) is 0. The fourth-order valence-corrected chi connectivity index (χ4v) is 3.16. The molecule has 0 aromatic heterocycles. The molecule has 2 aliphatic rings. The van der Waals surface area contributed by atoms with Gasteiger partial charge in [0.25, 0.3) is 0 Å². The third-order valence-electron chi connectivity index (χ3n) is 4.32.